The molecule has 1 aromatic rings. The molecule has 0 radical (unpaired) electrons. The number of nitriles is 1. The molecular weight excluding hydrogens is 218 g/mol. The van der Waals surface area contributed by atoms with E-state index in [1.807, 2.05) is 0 Å². The van der Waals surface area contributed by atoms with Gasteiger partial charge >= 0.3 is 0 Å². The summed E-state index contributed by atoms with van der Waals surface area (Å²) < 4.78 is 0. The van der Waals surface area contributed by atoms with Crippen molar-refractivity contribution in [2.45, 2.75) is 6.92 Å². The Morgan fingerprint density at radius 2 is 2.29 bits per heavy atom. The van der Waals surface area contributed by atoms with E-state index in [9.17, 15) is 9.90 Å². The summed E-state index contributed by atoms with van der Waals surface area (Å²) in [4.78, 5) is 13.4. The van der Waals surface area contributed by atoms with Gasteiger partial charge in [-0.05, 0) is 25.1 Å². The van der Waals surface area contributed by atoms with Crippen LogP contribution >= 0.6 is 0 Å². The number of hydrogen-bond acceptors (Lipinski definition) is 4. The molecule has 1 aromatic carbocycles. The molecule has 1 rings (SSSR count). The van der Waals surface area contributed by atoms with Gasteiger partial charge in [0.15, 0.2) is 0 Å². The predicted octanol–water partition coefficient (Wildman–Crippen LogP) is 1.21. The van der Waals surface area contributed by atoms with Crippen LogP contribution in [0.15, 0.2) is 18.2 Å². The fraction of sp³-hybridized carbons (Fsp3) is 0.333. The zero-order valence-corrected chi connectivity index (χ0v) is 9.84. The van der Waals surface area contributed by atoms with E-state index in [1.165, 1.54) is 17.0 Å². The van der Waals surface area contributed by atoms with Crippen molar-refractivity contribution in [3.05, 3.63) is 23.8 Å². The topological polar surface area (TPSA) is 90.4 Å². The third kappa shape index (κ3) is 3.11. The van der Waals surface area contributed by atoms with E-state index in [4.69, 9.17) is 11.0 Å². The third-order valence-electron chi connectivity index (χ3n) is 2.39. The molecule has 0 saturated heterocycles. The van der Waals surface area contributed by atoms with Crippen LogP contribution < -0.4 is 5.73 Å². The highest BCUT2D eigenvalue weighted by Gasteiger charge is 2.15. The molecule has 0 spiro atoms. The molecular formula is C12H15N3O2. The highest BCUT2D eigenvalue weighted by molar-refractivity contribution is 5.95. The zero-order chi connectivity index (χ0) is 13.0. The maximum atomic E-state index is 11.9. The average Bonchev–Trinajstić information content (AvgIpc) is 2.31. The highest BCUT2D eigenvalue weighted by Crippen LogP contribution is 2.21. The summed E-state index contributed by atoms with van der Waals surface area (Å²) in [6.45, 7) is 2.09. The minimum atomic E-state index is -0.248. The first-order valence-corrected chi connectivity index (χ1v) is 5.19. The Balaban J connectivity index is 2.82. The lowest BCUT2D eigenvalue weighted by Gasteiger charge is -2.18. The van der Waals surface area contributed by atoms with Crippen LogP contribution in [0.25, 0.3) is 0 Å². The van der Waals surface area contributed by atoms with Gasteiger partial charge in [0, 0.05) is 19.2 Å². The van der Waals surface area contributed by atoms with Crippen molar-refractivity contribution in [3.8, 4) is 11.8 Å². The van der Waals surface area contributed by atoms with Crippen molar-refractivity contribution in [3.63, 3.8) is 0 Å². The summed E-state index contributed by atoms with van der Waals surface area (Å²) in [6, 6.07) is 6.41. The Hall–Kier alpha value is -2.22. The zero-order valence-electron chi connectivity index (χ0n) is 9.84. The first-order valence-electron chi connectivity index (χ1n) is 5.19. The maximum absolute atomic E-state index is 11.9. The molecule has 0 aliphatic heterocycles. The number of carbonyl (C=O) groups is 1. The number of anilines is 1. The van der Waals surface area contributed by atoms with E-state index < -0.39 is 0 Å². The van der Waals surface area contributed by atoms with Crippen molar-refractivity contribution < 1.29 is 9.90 Å². The largest absolute Gasteiger partial charge is 0.506 e. The van der Waals surface area contributed by atoms with E-state index in [2.05, 4.69) is 6.07 Å². The van der Waals surface area contributed by atoms with Gasteiger partial charge in [-0.25, -0.2) is 0 Å². The molecule has 90 valence electrons. The molecule has 5 nitrogen and oxygen atoms in total. The lowest BCUT2D eigenvalue weighted by atomic mass is 10.1. The lowest BCUT2D eigenvalue weighted by molar-refractivity contribution is 0.0784. The molecule has 1 unspecified atom stereocenters. The van der Waals surface area contributed by atoms with Crippen LogP contribution in [0.2, 0.25) is 0 Å². The number of benzene rings is 1. The molecule has 0 heterocycles. The maximum Gasteiger partial charge on any atom is 0.253 e. The van der Waals surface area contributed by atoms with Gasteiger partial charge in [0.1, 0.15) is 5.75 Å². The molecule has 17 heavy (non-hydrogen) atoms. The summed E-state index contributed by atoms with van der Waals surface area (Å²) >= 11 is 0. The predicted molar refractivity (Wildman–Crippen MR) is 64.3 cm³/mol. The number of hydrogen-bond donors (Lipinski definition) is 2. The number of phenols is 1. The van der Waals surface area contributed by atoms with Crippen LogP contribution in [0.5, 0.6) is 5.75 Å². The minimum Gasteiger partial charge on any atom is -0.506 e. The Morgan fingerprint density at radius 3 is 2.82 bits per heavy atom. The number of amides is 1. The van der Waals surface area contributed by atoms with Gasteiger partial charge in [0.05, 0.1) is 17.7 Å². The molecule has 0 aromatic heterocycles. The highest BCUT2D eigenvalue weighted by atomic mass is 16.3. The number of carbonyl (C=O) groups excluding carboxylic acids is 1. The van der Waals surface area contributed by atoms with Gasteiger partial charge < -0.3 is 15.7 Å². The summed E-state index contributed by atoms with van der Waals surface area (Å²) in [7, 11) is 1.61. The quantitative estimate of drug-likeness (QED) is 0.606. The summed E-state index contributed by atoms with van der Waals surface area (Å²) in [5.41, 5.74) is 6.03. The molecule has 1 amide bonds. The number of nitrogens with zero attached hydrogens (tertiary/aromatic N) is 2. The van der Waals surface area contributed by atoms with Crippen LogP contribution in [0.1, 0.15) is 17.3 Å². The lowest BCUT2D eigenvalue weighted by Crippen LogP contribution is -2.30. The Labute approximate surface area is 100 Å². The first kappa shape index (κ1) is 12.8. The van der Waals surface area contributed by atoms with Gasteiger partial charge in [0.2, 0.25) is 0 Å². The Morgan fingerprint density at radius 1 is 1.65 bits per heavy atom. The fourth-order valence-corrected chi connectivity index (χ4v) is 1.43. The monoisotopic (exact) mass is 233 g/mol. The number of rotatable bonds is 3. The second-order valence-corrected chi connectivity index (χ2v) is 3.99. The summed E-state index contributed by atoms with van der Waals surface area (Å²) in [5.74, 6) is -0.591. The van der Waals surface area contributed by atoms with Crippen LogP contribution in [0, 0.1) is 17.2 Å². The molecule has 0 saturated carbocycles. The number of aromatic hydroxyl groups is 1. The van der Waals surface area contributed by atoms with Crippen molar-refractivity contribution in [1.82, 2.24) is 4.90 Å². The van der Waals surface area contributed by atoms with Crippen molar-refractivity contribution in [2.24, 2.45) is 5.92 Å². The number of nitrogens with two attached hydrogens (primary N) is 1. The fourth-order valence-electron chi connectivity index (χ4n) is 1.43. The average molecular weight is 233 g/mol. The van der Waals surface area contributed by atoms with E-state index in [0.29, 0.717) is 12.1 Å². The van der Waals surface area contributed by atoms with Gasteiger partial charge in [-0.15, -0.1) is 0 Å². The second kappa shape index (κ2) is 5.21. The van der Waals surface area contributed by atoms with E-state index in [1.54, 1.807) is 20.0 Å². The van der Waals surface area contributed by atoms with Gasteiger partial charge in [-0.3, -0.25) is 4.79 Å². The number of phenolic OH excluding ortho intramolecular Hbond substituents is 1. The number of nitrogen functional groups attached to an aromatic ring is 1. The minimum absolute atomic E-state index is 0.113. The van der Waals surface area contributed by atoms with Gasteiger partial charge in [-0.1, -0.05) is 0 Å². The van der Waals surface area contributed by atoms with Crippen LogP contribution in [-0.2, 0) is 0 Å². The van der Waals surface area contributed by atoms with Crippen molar-refractivity contribution in [2.75, 3.05) is 19.3 Å². The normalized spacial score (nSPS) is 11.6. The molecule has 0 bridgehead atoms. The third-order valence-corrected chi connectivity index (χ3v) is 2.39. The SMILES string of the molecule is CC(C#N)CN(C)C(=O)c1ccc(N)c(O)c1. The van der Waals surface area contributed by atoms with Crippen molar-refractivity contribution >= 4 is 11.6 Å². The van der Waals surface area contributed by atoms with E-state index in [-0.39, 0.29) is 23.3 Å². The van der Waals surface area contributed by atoms with Crippen LogP contribution in [-0.4, -0.2) is 29.5 Å². The van der Waals surface area contributed by atoms with Crippen molar-refractivity contribution in [1.29, 1.82) is 5.26 Å². The van der Waals surface area contributed by atoms with Gasteiger partial charge in [-0.2, -0.15) is 5.26 Å². The van der Waals surface area contributed by atoms with Crippen LogP contribution in [0.4, 0.5) is 5.69 Å². The summed E-state index contributed by atoms with van der Waals surface area (Å²) in [5, 5.41) is 18.1. The van der Waals surface area contributed by atoms with E-state index in [0.717, 1.165) is 0 Å². The second-order valence-electron chi connectivity index (χ2n) is 3.99. The molecule has 0 fully saturated rings. The Kier molecular flexibility index (Phi) is 3.94. The van der Waals surface area contributed by atoms with E-state index >= 15 is 0 Å². The summed E-state index contributed by atoms with van der Waals surface area (Å²) in [6.07, 6.45) is 0. The molecule has 5 heteroatoms. The standard InChI is InChI=1S/C12H15N3O2/c1-8(6-13)7-15(2)12(17)9-3-4-10(14)11(16)5-9/h3-5,8,16H,7,14H2,1-2H3. The molecule has 3 N–H and O–H groups in total. The molecule has 0 aliphatic rings. The first-order chi connectivity index (χ1) is 7.95. The van der Waals surface area contributed by atoms with Crippen LogP contribution in [0.3, 0.4) is 0 Å². The Bertz CT molecular complexity index is 465. The smallest absolute Gasteiger partial charge is 0.253 e. The van der Waals surface area contributed by atoms with Gasteiger partial charge in [0.25, 0.3) is 5.91 Å². The molecule has 0 aliphatic carbocycles. The molecule has 1 atom stereocenters.